The number of ether oxygens (including phenoxy) is 1. The Bertz CT molecular complexity index is 586. The van der Waals surface area contributed by atoms with Crippen LogP contribution in [0.3, 0.4) is 0 Å². The number of piperidine rings is 1. The minimum atomic E-state index is -3.80. The van der Waals surface area contributed by atoms with Crippen molar-refractivity contribution in [3.8, 4) is 0 Å². The van der Waals surface area contributed by atoms with Crippen LogP contribution < -0.4 is 5.73 Å². The van der Waals surface area contributed by atoms with E-state index in [0.717, 1.165) is 6.07 Å². The molecule has 0 unspecified atom stereocenters. The Morgan fingerprint density at radius 2 is 2.05 bits per heavy atom. The van der Waals surface area contributed by atoms with Gasteiger partial charge in [0.05, 0.1) is 25.0 Å². The zero-order chi connectivity index (χ0) is 15.5. The molecule has 118 valence electrons. The van der Waals surface area contributed by atoms with Crippen LogP contribution in [-0.4, -0.2) is 50.2 Å². The Hall–Kier alpha value is -1.22. The van der Waals surface area contributed by atoms with Gasteiger partial charge in [0.15, 0.2) is 0 Å². The summed E-state index contributed by atoms with van der Waals surface area (Å²) in [5.41, 5.74) is 5.18. The molecule has 1 aliphatic heterocycles. The largest absolute Gasteiger partial charge is 0.395 e. The van der Waals surface area contributed by atoms with Crippen LogP contribution in [0.15, 0.2) is 23.1 Å². The molecule has 1 fully saturated rings. The molecular formula is C13H19FN2O4S. The first kappa shape index (κ1) is 16.2. The molecule has 1 aromatic carbocycles. The molecule has 3 N–H and O–H groups in total. The maximum atomic E-state index is 13.4. The number of hydrogen-bond donors (Lipinski definition) is 2. The molecule has 0 atom stereocenters. The van der Waals surface area contributed by atoms with E-state index in [4.69, 9.17) is 15.6 Å². The monoisotopic (exact) mass is 318 g/mol. The van der Waals surface area contributed by atoms with Gasteiger partial charge in [-0.3, -0.25) is 0 Å². The Labute approximate surface area is 123 Å². The average Bonchev–Trinajstić information content (AvgIpc) is 2.48. The van der Waals surface area contributed by atoms with Gasteiger partial charge < -0.3 is 15.6 Å². The van der Waals surface area contributed by atoms with Crippen molar-refractivity contribution in [3.05, 3.63) is 24.0 Å². The van der Waals surface area contributed by atoms with Crippen molar-refractivity contribution in [1.82, 2.24) is 4.31 Å². The summed E-state index contributed by atoms with van der Waals surface area (Å²) < 4.78 is 45.1. The molecule has 1 heterocycles. The maximum Gasteiger partial charge on any atom is 0.245 e. The highest BCUT2D eigenvalue weighted by Gasteiger charge is 2.31. The Morgan fingerprint density at radius 3 is 2.67 bits per heavy atom. The van der Waals surface area contributed by atoms with Crippen LogP contribution in [0.2, 0.25) is 0 Å². The van der Waals surface area contributed by atoms with Crippen molar-refractivity contribution >= 4 is 15.7 Å². The summed E-state index contributed by atoms with van der Waals surface area (Å²) in [6.45, 7) is 0.759. The molecule has 1 aromatic rings. The number of anilines is 1. The fraction of sp³-hybridized carbons (Fsp3) is 0.538. The van der Waals surface area contributed by atoms with E-state index >= 15 is 0 Å². The van der Waals surface area contributed by atoms with E-state index in [-0.39, 0.29) is 43.0 Å². The second kappa shape index (κ2) is 6.69. The van der Waals surface area contributed by atoms with Crippen LogP contribution in [0.1, 0.15) is 12.8 Å². The highest BCUT2D eigenvalue weighted by atomic mass is 32.2. The van der Waals surface area contributed by atoms with Gasteiger partial charge in [0.25, 0.3) is 0 Å². The van der Waals surface area contributed by atoms with Gasteiger partial charge in [-0.1, -0.05) is 6.07 Å². The lowest BCUT2D eigenvalue weighted by Gasteiger charge is -2.31. The zero-order valence-corrected chi connectivity index (χ0v) is 12.4. The van der Waals surface area contributed by atoms with E-state index in [9.17, 15) is 12.8 Å². The Balaban J connectivity index is 2.10. The molecule has 0 radical (unpaired) electrons. The summed E-state index contributed by atoms with van der Waals surface area (Å²) in [6, 6.07) is 3.76. The summed E-state index contributed by atoms with van der Waals surface area (Å²) in [5.74, 6) is -0.739. The Morgan fingerprint density at radius 1 is 1.38 bits per heavy atom. The molecule has 1 aliphatic rings. The fourth-order valence-corrected chi connectivity index (χ4v) is 3.94. The van der Waals surface area contributed by atoms with Crippen molar-refractivity contribution in [2.45, 2.75) is 23.8 Å². The van der Waals surface area contributed by atoms with Gasteiger partial charge in [0.1, 0.15) is 10.7 Å². The van der Waals surface area contributed by atoms with Crippen LogP contribution in [0, 0.1) is 5.82 Å². The smallest absolute Gasteiger partial charge is 0.245 e. The molecule has 1 saturated heterocycles. The SMILES string of the molecule is Nc1c(F)cccc1S(=O)(=O)N1CCC(OCCO)CC1. The van der Waals surface area contributed by atoms with Crippen molar-refractivity contribution in [2.24, 2.45) is 0 Å². The minimum Gasteiger partial charge on any atom is -0.395 e. The molecule has 0 amide bonds. The topological polar surface area (TPSA) is 92.9 Å². The lowest BCUT2D eigenvalue weighted by molar-refractivity contribution is 0.00319. The number of aliphatic hydroxyl groups excluding tert-OH is 1. The van der Waals surface area contributed by atoms with E-state index in [1.165, 1.54) is 16.4 Å². The molecule has 0 saturated carbocycles. The molecule has 8 heteroatoms. The van der Waals surface area contributed by atoms with E-state index in [0.29, 0.717) is 12.8 Å². The molecule has 0 bridgehead atoms. The minimum absolute atomic E-state index is 0.0572. The number of halogens is 1. The van der Waals surface area contributed by atoms with Crippen LogP contribution in [0.5, 0.6) is 0 Å². The van der Waals surface area contributed by atoms with Gasteiger partial charge in [-0.05, 0) is 25.0 Å². The second-order valence-electron chi connectivity index (χ2n) is 4.85. The van der Waals surface area contributed by atoms with Gasteiger partial charge in [-0.25, -0.2) is 12.8 Å². The molecular weight excluding hydrogens is 299 g/mol. The van der Waals surface area contributed by atoms with Gasteiger partial charge >= 0.3 is 0 Å². The van der Waals surface area contributed by atoms with Crippen LogP contribution in [0.25, 0.3) is 0 Å². The standard InChI is InChI=1S/C13H19FN2O4S/c14-11-2-1-3-12(13(11)15)21(18,19)16-6-4-10(5-7-16)20-9-8-17/h1-3,10,17H,4-9,15H2. The molecule has 2 rings (SSSR count). The number of hydrogen-bond acceptors (Lipinski definition) is 5. The third-order valence-corrected chi connectivity index (χ3v) is 5.43. The van der Waals surface area contributed by atoms with Crippen molar-refractivity contribution in [2.75, 3.05) is 32.0 Å². The van der Waals surface area contributed by atoms with Crippen LogP contribution >= 0.6 is 0 Å². The van der Waals surface area contributed by atoms with Crippen molar-refractivity contribution in [3.63, 3.8) is 0 Å². The van der Waals surface area contributed by atoms with E-state index < -0.39 is 15.8 Å². The van der Waals surface area contributed by atoms with Crippen LogP contribution in [-0.2, 0) is 14.8 Å². The summed E-state index contributed by atoms with van der Waals surface area (Å²) in [4.78, 5) is -0.197. The van der Waals surface area contributed by atoms with Crippen molar-refractivity contribution < 1.29 is 22.7 Å². The van der Waals surface area contributed by atoms with E-state index in [1.807, 2.05) is 0 Å². The van der Waals surface area contributed by atoms with Crippen molar-refractivity contribution in [1.29, 1.82) is 0 Å². The summed E-state index contributed by atoms with van der Waals surface area (Å²) in [5, 5.41) is 8.70. The Kier molecular flexibility index (Phi) is 5.15. The first-order valence-corrected chi connectivity index (χ1v) is 8.17. The third kappa shape index (κ3) is 3.52. The van der Waals surface area contributed by atoms with Gasteiger partial charge in [-0.15, -0.1) is 0 Å². The predicted octanol–water partition coefficient (Wildman–Crippen LogP) is 0.570. The fourth-order valence-electron chi connectivity index (χ4n) is 2.34. The number of aliphatic hydroxyl groups is 1. The molecule has 0 aromatic heterocycles. The lowest BCUT2D eigenvalue weighted by Crippen LogP contribution is -2.41. The molecule has 21 heavy (non-hydrogen) atoms. The number of nitrogens with zero attached hydrogens (tertiary/aromatic N) is 1. The molecule has 0 aliphatic carbocycles. The number of nitrogen functional groups attached to an aromatic ring is 1. The van der Waals surface area contributed by atoms with Gasteiger partial charge in [-0.2, -0.15) is 4.31 Å². The van der Waals surface area contributed by atoms with Crippen LogP contribution in [0.4, 0.5) is 10.1 Å². The summed E-state index contributed by atoms with van der Waals surface area (Å²) >= 11 is 0. The lowest BCUT2D eigenvalue weighted by atomic mass is 10.1. The normalized spacial score (nSPS) is 18.0. The highest BCUT2D eigenvalue weighted by molar-refractivity contribution is 7.89. The van der Waals surface area contributed by atoms with E-state index in [2.05, 4.69) is 0 Å². The average molecular weight is 318 g/mol. The number of rotatable bonds is 5. The quantitative estimate of drug-likeness (QED) is 0.774. The first-order valence-electron chi connectivity index (χ1n) is 6.73. The second-order valence-corrected chi connectivity index (χ2v) is 6.76. The molecule has 0 spiro atoms. The summed E-state index contributed by atoms with van der Waals surface area (Å²) in [7, 11) is -3.80. The third-order valence-electron chi connectivity index (χ3n) is 3.48. The zero-order valence-electron chi connectivity index (χ0n) is 11.5. The predicted molar refractivity (Wildman–Crippen MR) is 75.6 cm³/mol. The first-order chi connectivity index (χ1) is 9.96. The number of sulfonamides is 1. The highest BCUT2D eigenvalue weighted by Crippen LogP contribution is 2.27. The van der Waals surface area contributed by atoms with Gasteiger partial charge in [0.2, 0.25) is 10.0 Å². The molecule has 6 nitrogen and oxygen atoms in total. The maximum absolute atomic E-state index is 13.4. The number of nitrogens with two attached hydrogens (primary N) is 1. The van der Waals surface area contributed by atoms with Gasteiger partial charge in [0, 0.05) is 13.1 Å². The number of benzene rings is 1. The number of para-hydroxylation sites is 1. The summed E-state index contributed by atoms with van der Waals surface area (Å²) in [6.07, 6.45) is 1.01. The van der Waals surface area contributed by atoms with E-state index in [1.54, 1.807) is 0 Å².